The van der Waals surface area contributed by atoms with Crippen LogP contribution in [0.5, 0.6) is 5.75 Å². The van der Waals surface area contributed by atoms with Gasteiger partial charge in [-0.25, -0.2) is 0 Å². The Kier molecular flexibility index (Phi) is 6.29. The Morgan fingerprint density at radius 2 is 1.57 bits per heavy atom. The van der Waals surface area contributed by atoms with Crippen LogP contribution in [0.25, 0.3) is 0 Å². The van der Waals surface area contributed by atoms with Gasteiger partial charge in [-0.15, -0.1) is 0 Å². The van der Waals surface area contributed by atoms with Crippen molar-refractivity contribution in [2.45, 2.75) is 58.3 Å². The molecule has 2 N–H and O–H groups in total. The Bertz CT molecular complexity index is 1250. The van der Waals surface area contributed by atoms with Crippen molar-refractivity contribution in [3.05, 3.63) is 81.7 Å². The number of aryl methyl sites for hydroxylation is 2. The molecule has 0 aromatic heterocycles. The Morgan fingerprint density at radius 3 is 2.23 bits per heavy atom. The first-order valence-electron chi connectivity index (χ1n) is 12.3. The van der Waals surface area contributed by atoms with Gasteiger partial charge >= 0.3 is 0 Å². The number of para-hydroxylation sites is 1. The molecule has 5 rings (SSSR count). The minimum atomic E-state index is -0.458. The molecule has 0 saturated heterocycles. The maximum atomic E-state index is 13.1. The molecular formula is C29H30N2O4. The van der Waals surface area contributed by atoms with Gasteiger partial charge in [-0.1, -0.05) is 24.3 Å². The highest BCUT2D eigenvalue weighted by molar-refractivity contribution is 6.06. The number of rotatable bonds is 5. The van der Waals surface area contributed by atoms with Crippen molar-refractivity contribution in [1.82, 2.24) is 5.32 Å². The second-order valence-electron chi connectivity index (χ2n) is 9.57. The van der Waals surface area contributed by atoms with E-state index >= 15 is 0 Å². The number of carbonyl (C=O) groups is 3. The number of ketones is 2. The smallest absolute Gasteiger partial charge is 0.262 e. The van der Waals surface area contributed by atoms with E-state index < -0.39 is 5.92 Å². The third-order valence-electron chi connectivity index (χ3n) is 7.17. The van der Waals surface area contributed by atoms with Crippen molar-refractivity contribution >= 4 is 23.2 Å². The van der Waals surface area contributed by atoms with Crippen LogP contribution in [-0.2, 0) is 14.4 Å². The molecule has 1 aliphatic heterocycles. The summed E-state index contributed by atoms with van der Waals surface area (Å²) in [5.74, 6) is -0.0477. The topological polar surface area (TPSA) is 84.5 Å². The van der Waals surface area contributed by atoms with Crippen LogP contribution in [0.4, 0.5) is 5.69 Å². The molecule has 2 aromatic carbocycles. The van der Waals surface area contributed by atoms with Gasteiger partial charge in [0.2, 0.25) is 0 Å². The van der Waals surface area contributed by atoms with E-state index in [4.69, 9.17) is 4.74 Å². The van der Waals surface area contributed by atoms with Crippen LogP contribution in [0, 0.1) is 13.8 Å². The predicted octanol–water partition coefficient (Wildman–Crippen LogP) is 5.02. The fraction of sp³-hybridized carbons (Fsp3) is 0.345. The van der Waals surface area contributed by atoms with Gasteiger partial charge in [-0.3, -0.25) is 14.4 Å². The largest absolute Gasteiger partial charge is 0.483 e. The maximum absolute atomic E-state index is 13.1. The highest BCUT2D eigenvalue weighted by Gasteiger charge is 2.41. The lowest BCUT2D eigenvalue weighted by molar-refractivity contribution is -0.119. The van der Waals surface area contributed by atoms with Crippen molar-refractivity contribution in [2.75, 3.05) is 11.9 Å². The molecule has 6 nitrogen and oxygen atoms in total. The summed E-state index contributed by atoms with van der Waals surface area (Å²) in [7, 11) is 0. The van der Waals surface area contributed by atoms with Gasteiger partial charge < -0.3 is 15.4 Å². The van der Waals surface area contributed by atoms with E-state index in [9.17, 15) is 14.4 Å². The molecule has 6 heteroatoms. The van der Waals surface area contributed by atoms with Gasteiger partial charge in [0.25, 0.3) is 5.91 Å². The first kappa shape index (κ1) is 23.1. The molecule has 1 heterocycles. The lowest BCUT2D eigenvalue weighted by Gasteiger charge is -2.37. The van der Waals surface area contributed by atoms with Crippen LogP contribution in [0.1, 0.15) is 61.1 Å². The van der Waals surface area contributed by atoms with Crippen molar-refractivity contribution in [1.29, 1.82) is 0 Å². The van der Waals surface area contributed by atoms with Crippen LogP contribution in [0.3, 0.4) is 0 Å². The fourth-order valence-electron chi connectivity index (χ4n) is 5.30. The average Bonchev–Trinajstić information content (AvgIpc) is 2.84. The third-order valence-corrected chi connectivity index (χ3v) is 7.17. The van der Waals surface area contributed by atoms with Crippen molar-refractivity contribution in [3.63, 3.8) is 0 Å². The molecule has 1 amide bonds. The number of Topliss-reactive ketones (excluding diaryl/α,β-unsaturated/α-hetero) is 2. The van der Waals surface area contributed by atoms with Crippen LogP contribution >= 0.6 is 0 Å². The van der Waals surface area contributed by atoms with E-state index in [2.05, 4.69) is 10.6 Å². The van der Waals surface area contributed by atoms with Crippen molar-refractivity contribution in [2.24, 2.45) is 0 Å². The average molecular weight is 471 g/mol. The highest BCUT2D eigenvalue weighted by Crippen LogP contribution is 2.47. The summed E-state index contributed by atoms with van der Waals surface area (Å²) >= 11 is 0. The Labute approximate surface area is 205 Å². The Balaban J connectivity index is 1.44. The van der Waals surface area contributed by atoms with E-state index in [1.807, 2.05) is 56.3 Å². The van der Waals surface area contributed by atoms with E-state index in [1.54, 1.807) is 0 Å². The summed E-state index contributed by atoms with van der Waals surface area (Å²) in [6.45, 7) is 3.86. The minimum absolute atomic E-state index is 0.0796. The first-order valence-corrected chi connectivity index (χ1v) is 12.3. The summed E-state index contributed by atoms with van der Waals surface area (Å²) in [6, 6.07) is 13.2. The SMILES string of the molecule is Cc1ccc(NC(=O)COc2ccccc2C2C3=C(CCCC3=O)NC3=C2C(=O)CCC3)cc1C. The zero-order valence-corrected chi connectivity index (χ0v) is 20.2. The number of dihydropyridines is 1. The molecule has 3 aliphatic rings. The molecule has 0 bridgehead atoms. The van der Waals surface area contributed by atoms with Gasteiger partial charge in [0.1, 0.15) is 5.75 Å². The molecule has 2 aliphatic carbocycles. The van der Waals surface area contributed by atoms with Crippen LogP contribution < -0.4 is 15.4 Å². The molecule has 0 spiro atoms. The second kappa shape index (κ2) is 9.53. The molecule has 0 fully saturated rings. The van der Waals surface area contributed by atoms with Gasteiger partial charge in [-0.2, -0.15) is 0 Å². The van der Waals surface area contributed by atoms with E-state index in [0.717, 1.165) is 59.5 Å². The number of benzene rings is 2. The van der Waals surface area contributed by atoms with Gasteiger partial charge in [0, 0.05) is 52.6 Å². The molecule has 0 saturated carbocycles. The molecule has 2 aromatic rings. The quantitative estimate of drug-likeness (QED) is 0.641. The number of amides is 1. The van der Waals surface area contributed by atoms with Crippen molar-refractivity contribution < 1.29 is 19.1 Å². The van der Waals surface area contributed by atoms with E-state index in [0.29, 0.717) is 29.7 Å². The zero-order valence-electron chi connectivity index (χ0n) is 20.2. The van der Waals surface area contributed by atoms with E-state index in [1.165, 1.54) is 0 Å². The molecular weight excluding hydrogens is 440 g/mol. The predicted molar refractivity (Wildman–Crippen MR) is 134 cm³/mol. The molecule has 0 atom stereocenters. The van der Waals surface area contributed by atoms with Gasteiger partial charge in [-0.05, 0) is 68.9 Å². The van der Waals surface area contributed by atoms with Crippen LogP contribution in [0.15, 0.2) is 65.0 Å². The minimum Gasteiger partial charge on any atom is -0.483 e. The Hall–Kier alpha value is -3.67. The summed E-state index contributed by atoms with van der Waals surface area (Å²) in [5, 5.41) is 6.32. The first-order chi connectivity index (χ1) is 16.9. The lowest BCUT2D eigenvalue weighted by Crippen LogP contribution is -2.36. The van der Waals surface area contributed by atoms with Gasteiger partial charge in [0.05, 0.1) is 0 Å². The number of nitrogens with one attached hydrogen (secondary N) is 2. The normalized spacial score (nSPS) is 18.1. The number of anilines is 1. The number of ether oxygens (including phenoxy) is 1. The Morgan fingerprint density at radius 1 is 0.914 bits per heavy atom. The summed E-state index contributed by atoms with van der Waals surface area (Å²) in [5.41, 5.74) is 6.97. The highest BCUT2D eigenvalue weighted by atomic mass is 16.5. The van der Waals surface area contributed by atoms with Gasteiger partial charge in [0.15, 0.2) is 18.2 Å². The standard InChI is InChI=1S/C29H30N2O4/c1-17-13-14-19(15-18(17)2)30-26(34)16-35-25-12-4-3-7-20(25)27-28-21(8-5-10-23(28)32)31-22-9-6-11-24(33)29(22)27/h3-4,7,12-15,27,31H,5-6,8-11,16H2,1-2H3,(H,30,34). The van der Waals surface area contributed by atoms with Crippen LogP contribution in [0.2, 0.25) is 0 Å². The van der Waals surface area contributed by atoms with E-state index in [-0.39, 0.29) is 24.1 Å². The zero-order chi connectivity index (χ0) is 24.5. The number of hydrogen-bond acceptors (Lipinski definition) is 5. The molecule has 0 radical (unpaired) electrons. The summed E-state index contributed by atoms with van der Waals surface area (Å²) in [6.07, 6.45) is 4.17. The lowest BCUT2D eigenvalue weighted by atomic mass is 9.71. The summed E-state index contributed by atoms with van der Waals surface area (Å²) < 4.78 is 6.01. The summed E-state index contributed by atoms with van der Waals surface area (Å²) in [4.78, 5) is 38.8. The van der Waals surface area contributed by atoms with Crippen LogP contribution in [-0.4, -0.2) is 24.1 Å². The second-order valence-corrected chi connectivity index (χ2v) is 9.57. The molecule has 35 heavy (non-hydrogen) atoms. The van der Waals surface area contributed by atoms with Crippen molar-refractivity contribution in [3.8, 4) is 5.75 Å². The maximum Gasteiger partial charge on any atom is 0.262 e. The monoisotopic (exact) mass is 470 g/mol. The number of carbonyl (C=O) groups excluding carboxylic acids is 3. The number of hydrogen-bond donors (Lipinski definition) is 2. The molecule has 180 valence electrons. The fourth-order valence-corrected chi connectivity index (χ4v) is 5.30. The number of allylic oxidation sites excluding steroid dienone is 4. The molecule has 0 unspecified atom stereocenters. The third kappa shape index (κ3) is 4.53.